The Kier molecular flexibility index (Phi) is 5.67. The van der Waals surface area contributed by atoms with Crippen molar-refractivity contribution < 1.29 is 0 Å². The lowest BCUT2D eigenvalue weighted by Crippen LogP contribution is -2.27. The fourth-order valence-corrected chi connectivity index (χ4v) is 4.65. The number of nitrogens with zero attached hydrogens (tertiary/aromatic N) is 6. The van der Waals surface area contributed by atoms with Crippen molar-refractivity contribution in [2.24, 2.45) is 0 Å². The summed E-state index contributed by atoms with van der Waals surface area (Å²) in [7, 11) is 0. The van der Waals surface area contributed by atoms with Crippen LogP contribution in [0, 0.1) is 6.92 Å². The minimum atomic E-state index is 0.908. The topological polar surface area (TPSA) is 50.1 Å². The Bertz CT molecular complexity index is 981. The van der Waals surface area contributed by atoms with Gasteiger partial charge in [0, 0.05) is 31.4 Å². The van der Waals surface area contributed by atoms with Gasteiger partial charge in [0.15, 0.2) is 0 Å². The van der Waals surface area contributed by atoms with Gasteiger partial charge in [-0.15, -0.1) is 11.3 Å². The van der Waals surface area contributed by atoms with Crippen molar-refractivity contribution in [3.05, 3.63) is 53.6 Å². The van der Waals surface area contributed by atoms with Crippen molar-refractivity contribution >= 4 is 27.9 Å². The largest absolute Gasteiger partial charge is 0.357 e. The molecular weight excluding hydrogens is 380 g/mol. The van der Waals surface area contributed by atoms with E-state index in [-0.39, 0.29) is 0 Å². The highest BCUT2D eigenvalue weighted by atomic mass is 32.1. The highest BCUT2D eigenvalue weighted by Crippen LogP contribution is 2.34. The number of hydrogen-bond acceptors (Lipinski definition) is 6. The highest BCUT2D eigenvalue weighted by molar-refractivity contribution is 7.15. The highest BCUT2D eigenvalue weighted by Gasteiger charge is 2.25. The van der Waals surface area contributed by atoms with Gasteiger partial charge in [-0.3, -0.25) is 0 Å². The zero-order valence-electron chi connectivity index (χ0n) is 17.4. The summed E-state index contributed by atoms with van der Waals surface area (Å²) >= 11 is 1.69. The number of rotatable bonds is 3. The summed E-state index contributed by atoms with van der Waals surface area (Å²) in [5, 5.41) is 7.02. The molecule has 5 heterocycles. The van der Waals surface area contributed by atoms with Crippen LogP contribution in [-0.2, 0) is 6.42 Å². The molecule has 0 radical (unpaired) electrons. The standard InChI is InChI=1S/C20H22N6S.C2H6/c1-14-20-16(7-10-25(14)19-12-21-15(2)27-19)13-26(23-20)17-5-6-18(22-11-17)24-8-3-4-9-24;1-2/h5-6,11-13H,1,3-4,7-10H2,2H3;1-2H3. The summed E-state index contributed by atoms with van der Waals surface area (Å²) in [5.74, 6) is 1.06. The molecule has 1 saturated heterocycles. The van der Waals surface area contributed by atoms with E-state index in [0.29, 0.717) is 0 Å². The van der Waals surface area contributed by atoms with Crippen LogP contribution in [0.2, 0.25) is 0 Å². The molecule has 0 saturated carbocycles. The van der Waals surface area contributed by atoms with Crippen LogP contribution < -0.4 is 9.80 Å². The van der Waals surface area contributed by atoms with E-state index in [0.717, 1.165) is 59.0 Å². The van der Waals surface area contributed by atoms with Gasteiger partial charge in [-0.1, -0.05) is 20.4 Å². The van der Waals surface area contributed by atoms with Crippen LogP contribution in [0.5, 0.6) is 0 Å². The van der Waals surface area contributed by atoms with Crippen LogP contribution in [-0.4, -0.2) is 39.4 Å². The average Bonchev–Trinajstić information content (AvgIpc) is 3.51. The second kappa shape index (κ2) is 8.37. The Hall–Kier alpha value is -2.67. The van der Waals surface area contributed by atoms with Gasteiger partial charge in [-0.25, -0.2) is 14.6 Å². The molecule has 0 N–H and O–H groups in total. The summed E-state index contributed by atoms with van der Waals surface area (Å²) in [6.45, 7) is 13.5. The Morgan fingerprint density at radius 3 is 2.48 bits per heavy atom. The Morgan fingerprint density at radius 1 is 1.03 bits per heavy atom. The summed E-state index contributed by atoms with van der Waals surface area (Å²) in [6, 6.07) is 4.20. The van der Waals surface area contributed by atoms with E-state index in [1.165, 1.54) is 18.4 Å². The first kappa shape index (κ1) is 19.6. The van der Waals surface area contributed by atoms with Gasteiger partial charge in [-0.2, -0.15) is 5.10 Å². The zero-order valence-corrected chi connectivity index (χ0v) is 18.2. The van der Waals surface area contributed by atoms with Crippen LogP contribution in [0.4, 0.5) is 10.8 Å². The average molecular weight is 409 g/mol. The molecule has 0 aliphatic carbocycles. The van der Waals surface area contributed by atoms with Crippen LogP contribution in [0.1, 0.15) is 43.0 Å². The number of anilines is 2. The van der Waals surface area contributed by atoms with Gasteiger partial charge < -0.3 is 9.80 Å². The number of fused-ring (bicyclic) bond motifs is 1. The zero-order chi connectivity index (χ0) is 20.4. The normalized spacial score (nSPS) is 15.9. The van der Waals surface area contributed by atoms with Gasteiger partial charge in [0.2, 0.25) is 0 Å². The minimum Gasteiger partial charge on any atom is -0.357 e. The van der Waals surface area contributed by atoms with E-state index in [4.69, 9.17) is 5.10 Å². The number of pyridine rings is 1. The molecule has 7 heteroatoms. The maximum Gasteiger partial charge on any atom is 0.128 e. The minimum absolute atomic E-state index is 0.908. The second-order valence-electron chi connectivity index (χ2n) is 7.08. The van der Waals surface area contributed by atoms with Gasteiger partial charge in [0.05, 0.1) is 28.8 Å². The van der Waals surface area contributed by atoms with E-state index in [2.05, 4.69) is 44.7 Å². The number of aryl methyl sites for hydroxylation is 1. The molecule has 6 nitrogen and oxygen atoms in total. The molecular formula is C22H28N6S. The Morgan fingerprint density at radius 2 is 1.83 bits per heavy atom. The van der Waals surface area contributed by atoms with Crippen LogP contribution in [0.3, 0.4) is 0 Å². The molecule has 3 aromatic heterocycles. The molecule has 0 bridgehead atoms. The van der Waals surface area contributed by atoms with Crippen molar-refractivity contribution in [2.45, 2.75) is 40.0 Å². The van der Waals surface area contributed by atoms with Crippen molar-refractivity contribution in [3.63, 3.8) is 0 Å². The first-order valence-corrected chi connectivity index (χ1v) is 11.2. The third-order valence-corrected chi connectivity index (χ3v) is 6.23. The first-order valence-electron chi connectivity index (χ1n) is 10.4. The molecule has 0 spiro atoms. The maximum absolute atomic E-state index is 4.82. The smallest absolute Gasteiger partial charge is 0.128 e. The Labute approximate surface area is 176 Å². The van der Waals surface area contributed by atoms with Crippen LogP contribution in [0.15, 0.2) is 37.3 Å². The lowest BCUT2D eigenvalue weighted by atomic mass is 10.1. The third-order valence-electron chi connectivity index (χ3n) is 5.30. The van der Waals surface area contributed by atoms with Crippen molar-refractivity contribution in [1.82, 2.24) is 19.7 Å². The molecule has 2 aliphatic heterocycles. The van der Waals surface area contributed by atoms with E-state index in [9.17, 15) is 0 Å². The summed E-state index contributed by atoms with van der Waals surface area (Å²) in [4.78, 5) is 13.6. The molecule has 0 unspecified atom stereocenters. The fourth-order valence-electron chi connectivity index (χ4n) is 3.83. The monoisotopic (exact) mass is 408 g/mol. The van der Waals surface area contributed by atoms with Gasteiger partial charge >= 0.3 is 0 Å². The van der Waals surface area contributed by atoms with Gasteiger partial charge in [0.25, 0.3) is 0 Å². The number of thiazole rings is 1. The number of aromatic nitrogens is 4. The van der Waals surface area contributed by atoms with Crippen molar-refractivity contribution in [1.29, 1.82) is 0 Å². The molecule has 5 rings (SSSR count). The maximum atomic E-state index is 4.82. The molecule has 0 aromatic carbocycles. The Balaban J connectivity index is 0.000000994. The quantitative estimate of drug-likeness (QED) is 0.629. The summed E-state index contributed by atoms with van der Waals surface area (Å²) in [6.07, 6.45) is 9.42. The lowest BCUT2D eigenvalue weighted by Gasteiger charge is -2.28. The molecule has 0 atom stereocenters. The van der Waals surface area contributed by atoms with E-state index >= 15 is 0 Å². The van der Waals surface area contributed by atoms with Gasteiger partial charge in [-0.05, 0) is 38.3 Å². The second-order valence-corrected chi connectivity index (χ2v) is 8.30. The first-order chi connectivity index (χ1) is 14.2. The SMILES string of the molecule is C=C1c2nn(-c3ccc(N4CCCC4)nc3)cc2CCN1c1cnc(C)s1.CC. The van der Waals surface area contributed by atoms with E-state index in [1.54, 1.807) is 11.3 Å². The molecule has 3 aromatic rings. The van der Waals surface area contributed by atoms with Gasteiger partial charge in [0.1, 0.15) is 16.5 Å². The van der Waals surface area contributed by atoms with E-state index < -0.39 is 0 Å². The molecule has 152 valence electrons. The van der Waals surface area contributed by atoms with Crippen molar-refractivity contribution in [2.75, 3.05) is 29.4 Å². The molecule has 1 fully saturated rings. The lowest BCUT2D eigenvalue weighted by molar-refractivity contribution is 0.853. The predicted octanol–water partition coefficient (Wildman–Crippen LogP) is 4.69. The summed E-state index contributed by atoms with van der Waals surface area (Å²) < 4.78 is 1.93. The van der Waals surface area contributed by atoms with Crippen LogP contribution in [0.25, 0.3) is 11.4 Å². The fraction of sp³-hybridized carbons (Fsp3) is 0.409. The predicted molar refractivity (Wildman–Crippen MR) is 121 cm³/mol. The molecule has 2 aliphatic rings. The molecule has 29 heavy (non-hydrogen) atoms. The van der Waals surface area contributed by atoms with E-state index in [1.807, 2.05) is 37.8 Å². The third kappa shape index (κ3) is 3.79. The molecule has 0 amide bonds. The summed E-state index contributed by atoms with van der Waals surface area (Å²) in [5.41, 5.74) is 4.14. The van der Waals surface area contributed by atoms with Crippen molar-refractivity contribution in [3.8, 4) is 5.69 Å². The number of hydrogen-bond donors (Lipinski definition) is 0. The van der Waals surface area contributed by atoms with Crippen LogP contribution >= 0.6 is 11.3 Å².